The maximum atomic E-state index is 12.3. The van der Waals surface area contributed by atoms with Crippen LogP contribution in [0.5, 0.6) is 0 Å². The summed E-state index contributed by atoms with van der Waals surface area (Å²) < 4.78 is 33.6. The molecule has 1 atom stereocenters. The van der Waals surface area contributed by atoms with Crippen LogP contribution in [0.3, 0.4) is 0 Å². The Morgan fingerprint density at radius 1 is 1.15 bits per heavy atom. The lowest BCUT2D eigenvalue weighted by Crippen LogP contribution is -2.31. The SMILES string of the molecule is O=C(Nc1ccccc1I)c1ccc(S(=O)(=O)NCC2CCCO2)cc1. The number of anilines is 1. The highest BCUT2D eigenvalue weighted by atomic mass is 127. The van der Waals surface area contributed by atoms with Crippen molar-refractivity contribution in [2.45, 2.75) is 23.8 Å². The summed E-state index contributed by atoms with van der Waals surface area (Å²) in [6.07, 6.45) is 1.75. The molecule has 2 aromatic rings. The Morgan fingerprint density at radius 3 is 2.54 bits per heavy atom. The van der Waals surface area contributed by atoms with Gasteiger partial charge in [-0.05, 0) is 71.8 Å². The summed E-state index contributed by atoms with van der Waals surface area (Å²) in [5.41, 5.74) is 1.11. The van der Waals surface area contributed by atoms with E-state index < -0.39 is 10.0 Å². The number of ether oxygens (including phenoxy) is 1. The number of amides is 1. The number of halogens is 1. The Hall–Kier alpha value is -1.49. The smallest absolute Gasteiger partial charge is 0.255 e. The highest BCUT2D eigenvalue weighted by Gasteiger charge is 2.20. The molecule has 0 saturated carbocycles. The minimum atomic E-state index is -3.62. The highest BCUT2D eigenvalue weighted by Crippen LogP contribution is 2.19. The van der Waals surface area contributed by atoms with Gasteiger partial charge in [-0.25, -0.2) is 13.1 Å². The van der Waals surface area contributed by atoms with Gasteiger partial charge in [0.1, 0.15) is 0 Å². The normalized spacial score (nSPS) is 17.2. The molecule has 1 aliphatic rings. The number of hydrogen-bond acceptors (Lipinski definition) is 4. The van der Waals surface area contributed by atoms with E-state index in [9.17, 15) is 13.2 Å². The molecule has 2 aromatic carbocycles. The molecule has 0 spiro atoms. The summed E-state index contributed by atoms with van der Waals surface area (Å²) in [5, 5.41) is 2.82. The lowest BCUT2D eigenvalue weighted by molar-refractivity contribution is 0.102. The topological polar surface area (TPSA) is 84.5 Å². The first-order chi connectivity index (χ1) is 12.5. The van der Waals surface area contributed by atoms with E-state index in [1.165, 1.54) is 24.3 Å². The maximum Gasteiger partial charge on any atom is 0.255 e. The summed E-state index contributed by atoms with van der Waals surface area (Å²) in [4.78, 5) is 12.5. The summed E-state index contributed by atoms with van der Waals surface area (Å²) in [6, 6.07) is 13.3. The van der Waals surface area contributed by atoms with Crippen molar-refractivity contribution in [3.8, 4) is 0 Å². The quantitative estimate of drug-likeness (QED) is 0.616. The second kappa shape index (κ2) is 8.47. The number of rotatable bonds is 6. The van der Waals surface area contributed by atoms with E-state index in [-0.39, 0.29) is 23.5 Å². The minimum absolute atomic E-state index is 0.0665. The van der Waals surface area contributed by atoms with Crippen molar-refractivity contribution in [3.05, 3.63) is 57.7 Å². The van der Waals surface area contributed by atoms with Crippen molar-refractivity contribution in [1.82, 2.24) is 4.72 Å². The number of sulfonamides is 1. The molecule has 3 rings (SSSR count). The average Bonchev–Trinajstić information content (AvgIpc) is 3.16. The van der Waals surface area contributed by atoms with Crippen molar-refractivity contribution < 1.29 is 17.9 Å². The Kier molecular flexibility index (Phi) is 6.28. The van der Waals surface area contributed by atoms with Gasteiger partial charge < -0.3 is 10.1 Å². The van der Waals surface area contributed by atoms with Crippen molar-refractivity contribution in [2.24, 2.45) is 0 Å². The van der Waals surface area contributed by atoms with Crippen LogP contribution in [0.25, 0.3) is 0 Å². The third kappa shape index (κ3) is 4.81. The summed E-state index contributed by atoms with van der Waals surface area (Å²) in [6.45, 7) is 0.938. The fraction of sp³-hybridized carbons (Fsp3) is 0.278. The van der Waals surface area contributed by atoms with Crippen LogP contribution >= 0.6 is 22.6 Å². The van der Waals surface area contributed by atoms with Gasteiger partial charge in [-0.2, -0.15) is 0 Å². The van der Waals surface area contributed by atoms with Gasteiger partial charge in [0.2, 0.25) is 10.0 Å². The predicted octanol–water partition coefficient (Wildman–Crippen LogP) is 3.00. The monoisotopic (exact) mass is 486 g/mol. The number of benzene rings is 2. The van der Waals surface area contributed by atoms with E-state index in [1.807, 2.05) is 24.3 Å². The molecule has 2 N–H and O–H groups in total. The van der Waals surface area contributed by atoms with Gasteiger partial charge >= 0.3 is 0 Å². The van der Waals surface area contributed by atoms with E-state index >= 15 is 0 Å². The molecule has 0 aliphatic carbocycles. The van der Waals surface area contributed by atoms with Crippen LogP contribution in [0.4, 0.5) is 5.69 Å². The van der Waals surface area contributed by atoms with Gasteiger partial charge in [0.25, 0.3) is 5.91 Å². The van der Waals surface area contributed by atoms with Crippen LogP contribution < -0.4 is 10.0 Å². The van der Waals surface area contributed by atoms with Crippen molar-refractivity contribution >= 4 is 44.2 Å². The van der Waals surface area contributed by atoms with Gasteiger partial charge in [-0.1, -0.05) is 12.1 Å². The second-order valence-electron chi connectivity index (χ2n) is 5.95. The number of carbonyl (C=O) groups is 1. The molecule has 0 aromatic heterocycles. The molecule has 1 amide bonds. The molecule has 26 heavy (non-hydrogen) atoms. The van der Waals surface area contributed by atoms with Crippen LogP contribution in [-0.4, -0.2) is 33.6 Å². The molecule has 8 heteroatoms. The number of nitrogens with one attached hydrogen (secondary N) is 2. The molecule has 1 saturated heterocycles. The second-order valence-corrected chi connectivity index (χ2v) is 8.87. The van der Waals surface area contributed by atoms with E-state index in [1.54, 1.807) is 0 Å². The zero-order valence-corrected chi connectivity index (χ0v) is 16.9. The van der Waals surface area contributed by atoms with Crippen LogP contribution in [0.2, 0.25) is 0 Å². The molecule has 1 unspecified atom stereocenters. The fourth-order valence-corrected chi connectivity index (χ4v) is 4.22. The summed E-state index contributed by atoms with van der Waals surface area (Å²) >= 11 is 2.14. The molecule has 138 valence electrons. The van der Waals surface area contributed by atoms with Crippen molar-refractivity contribution in [3.63, 3.8) is 0 Å². The van der Waals surface area contributed by atoms with Crippen molar-refractivity contribution in [2.75, 3.05) is 18.5 Å². The zero-order chi connectivity index (χ0) is 18.6. The number of para-hydroxylation sites is 1. The first-order valence-corrected chi connectivity index (χ1v) is 10.8. The Balaban J connectivity index is 1.65. The van der Waals surface area contributed by atoms with E-state index in [0.717, 1.165) is 16.4 Å². The number of hydrogen-bond donors (Lipinski definition) is 2. The number of carbonyl (C=O) groups excluding carboxylic acids is 1. The summed E-state index contributed by atoms with van der Waals surface area (Å²) in [7, 11) is -3.62. The minimum Gasteiger partial charge on any atom is -0.377 e. The molecular formula is C18H19IN2O4S. The highest BCUT2D eigenvalue weighted by molar-refractivity contribution is 14.1. The zero-order valence-electron chi connectivity index (χ0n) is 13.9. The van der Waals surface area contributed by atoms with Crippen LogP contribution in [0, 0.1) is 3.57 Å². The Labute approximate surface area is 166 Å². The van der Waals surface area contributed by atoms with Crippen molar-refractivity contribution in [1.29, 1.82) is 0 Å². The maximum absolute atomic E-state index is 12.3. The van der Waals surface area contributed by atoms with Gasteiger partial charge in [0, 0.05) is 22.3 Å². The third-order valence-corrected chi connectivity index (χ3v) is 6.45. The van der Waals surface area contributed by atoms with Gasteiger partial charge in [0.05, 0.1) is 16.7 Å². The largest absolute Gasteiger partial charge is 0.377 e. The molecule has 1 aliphatic heterocycles. The fourth-order valence-electron chi connectivity index (χ4n) is 2.63. The molecular weight excluding hydrogens is 467 g/mol. The van der Waals surface area contributed by atoms with Crippen LogP contribution in [0.1, 0.15) is 23.2 Å². The molecule has 0 radical (unpaired) electrons. The van der Waals surface area contributed by atoms with E-state index in [0.29, 0.717) is 17.9 Å². The van der Waals surface area contributed by atoms with E-state index in [2.05, 4.69) is 32.6 Å². The molecule has 0 bridgehead atoms. The summed E-state index contributed by atoms with van der Waals surface area (Å²) in [5.74, 6) is -0.287. The predicted molar refractivity (Wildman–Crippen MR) is 108 cm³/mol. The Bertz CT molecular complexity index is 878. The lowest BCUT2D eigenvalue weighted by Gasteiger charge is -2.12. The van der Waals surface area contributed by atoms with Crippen LogP contribution in [-0.2, 0) is 14.8 Å². The van der Waals surface area contributed by atoms with Crippen LogP contribution in [0.15, 0.2) is 53.4 Å². The standard InChI is InChI=1S/C18H19IN2O4S/c19-16-5-1-2-6-17(16)21-18(22)13-7-9-15(10-8-13)26(23,24)20-12-14-4-3-11-25-14/h1-2,5-10,14,20H,3-4,11-12H2,(H,21,22). The molecule has 1 fully saturated rings. The Morgan fingerprint density at radius 2 is 1.88 bits per heavy atom. The third-order valence-electron chi connectivity index (χ3n) is 4.07. The first-order valence-electron chi connectivity index (χ1n) is 8.23. The molecule has 6 nitrogen and oxygen atoms in total. The average molecular weight is 486 g/mol. The van der Waals surface area contributed by atoms with Gasteiger partial charge in [-0.15, -0.1) is 0 Å². The van der Waals surface area contributed by atoms with Gasteiger partial charge in [-0.3, -0.25) is 4.79 Å². The lowest BCUT2D eigenvalue weighted by atomic mass is 10.2. The van der Waals surface area contributed by atoms with Gasteiger partial charge in [0.15, 0.2) is 0 Å². The molecule has 1 heterocycles. The first kappa shape index (κ1) is 19.3. The van der Waals surface area contributed by atoms with E-state index in [4.69, 9.17) is 4.74 Å².